The lowest BCUT2D eigenvalue weighted by molar-refractivity contribution is -0.120. The number of aromatic nitrogens is 7. The molecule has 1 aliphatic rings. The molecule has 1 aromatic carbocycles. The Morgan fingerprint density at radius 2 is 1.81 bits per heavy atom. The predicted octanol–water partition coefficient (Wildman–Crippen LogP) is 6.29. The largest absolute Gasteiger partial charge is 0.497 e. The molecule has 210 valence electrons. The van der Waals surface area contributed by atoms with Crippen LogP contribution in [0.2, 0.25) is 0 Å². The van der Waals surface area contributed by atoms with E-state index >= 15 is 0 Å². The number of benzene rings is 1. The molecule has 0 radical (unpaired) electrons. The number of hydrogen-bond donors (Lipinski definition) is 3. The second-order valence-corrected chi connectivity index (χ2v) is 10.5. The van der Waals surface area contributed by atoms with Gasteiger partial charge in [0.1, 0.15) is 22.6 Å². The van der Waals surface area contributed by atoms with Crippen LogP contribution in [0.25, 0.3) is 56.1 Å². The molecule has 11 heteroatoms. The summed E-state index contributed by atoms with van der Waals surface area (Å²) in [6.45, 7) is 0. The van der Waals surface area contributed by atoms with Gasteiger partial charge in [0.2, 0.25) is 5.91 Å². The van der Waals surface area contributed by atoms with Gasteiger partial charge >= 0.3 is 0 Å². The van der Waals surface area contributed by atoms with E-state index in [0.29, 0.717) is 50.9 Å². The zero-order chi connectivity index (χ0) is 28.6. The van der Waals surface area contributed by atoms with E-state index in [9.17, 15) is 9.18 Å². The normalized spacial score (nSPS) is 14.0. The van der Waals surface area contributed by atoms with Crippen molar-refractivity contribution in [1.82, 2.24) is 35.1 Å². The van der Waals surface area contributed by atoms with Crippen LogP contribution in [0, 0.1) is 11.7 Å². The quantitative estimate of drug-likeness (QED) is 0.217. The molecule has 3 N–H and O–H groups in total. The molecule has 0 unspecified atom stereocenters. The van der Waals surface area contributed by atoms with E-state index in [0.717, 1.165) is 42.3 Å². The number of amides is 1. The zero-order valence-corrected chi connectivity index (χ0v) is 22.8. The third-order valence-corrected chi connectivity index (χ3v) is 7.69. The van der Waals surface area contributed by atoms with Gasteiger partial charge in [0, 0.05) is 35.5 Å². The second-order valence-electron chi connectivity index (χ2n) is 10.5. The first kappa shape index (κ1) is 25.8. The molecule has 7 rings (SSSR count). The number of anilines is 1. The first-order valence-corrected chi connectivity index (χ1v) is 13.9. The van der Waals surface area contributed by atoms with Crippen LogP contribution >= 0.6 is 0 Å². The number of imidazole rings is 1. The Morgan fingerprint density at radius 1 is 0.952 bits per heavy atom. The maximum Gasteiger partial charge on any atom is 0.227 e. The van der Waals surface area contributed by atoms with Gasteiger partial charge in [-0.05, 0) is 49.2 Å². The minimum absolute atomic E-state index is 0.0459. The lowest BCUT2D eigenvalue weighted by Gasteiger charge is -2.20. The predicted molar refractivity (Wildman–Crippen MR) is 157 cm³/mol. The molecule has 0 aliphatic heterocycles. The third-order valence-electron chi connectivity index (χ3n) is 7.69. The molecular formula is C31H27FN8O2. The summed E-state index contributed by atoms with van der Waals surface area (Å²) in [4.78, 5) is 34.6. The molecule has 6 aromatic rings. The summed E-state index contributed by atoms with van der Waals surface area (Å²) in [6, 6.07) is 11.9. The fourth-order valence-corrected chi connectivity index (χ4v) is 5.56. The lowest BCUT2D eigenvalue weighted by Crippen LogP contribution is -2.24. The van der Waals surface area contributed by atoms with Crippen LogP contribution in [0.5, 0.6) is 5.75 Å². The average Bonchev–Trinajstić information content (AvgIpc) is 3.65. The molecule has 0 bridgehead atoms. The first-order valence-electron chi connectivity index (χ1n) is 13.9. The van der Waals surface area contributed by atoms with Crippen molar-refractivity contribution in [1.29, 1.82) is 0 Å². The van der Waals surface area contributed by atoms with Crippen molar-refractivity contribution in [3.8, 4) is 39.8 Å². The smallest absolute Gasteiger partial charge is 0.227 e. The van der Waals surface area contributed by atoms with E-state index in [1.165, 1.54) is 25.7 Å². The Kier molecular flexibility index (Phi) is 6.54. The maximum atomic E-state index is 14.3. The number of halogens is 1. The van der Waals surface area contributed by atoms with Gasteiger partial charge in [0.15, 0.2) is 11.5 Å². The highest BCUT2D eigenvalue weighted by molar-refractivity contribution is 5.96. The number of H-pyrrole nitrogens is 2. The first-order chi connectivity index (χ1) is 20.6. The van der Waals surface area contributed by atoms with Gasteiger partial charge in [-0.25, -0.2) is 14.4 Å². The molecule has 1 aliphatic carbocycles. The van der Waals surface area contributed by atoms with E-state index in [2.05, 4.69) is 30.5 Å². The van der Waals surface area contributed by atoms with Gasteiger partial charge in [-0.2, -0.15) is 5.10 Å². The third kappa shape index (κ3) is 4.83. The minimum atomic E-state index is -0.430. The molecule has 1 amide bonds. The van der Waals surface area contributed by atoms with Gasteiger partial charge < -0.3 is 15.0 Å². The van der Waals surface area contributed by atoms with Crippen molar-refractivity contribution in [3.63, 3.8) is 0 Å². The SMILES string of the molecule is COc1cc(F)cc(-c2nccc3[nH]c(-c4n[nH]c5ccc(-c6cncc(NC(=O)C7CCCCC7)c6)nc45)nc23)c1. The van der Waals surface area contributed by atoms with E-state index < -0.39 is 5.82 Å². The van der Waals surface area contributed by atoms with Gasteiger partial charge in [-0.1, -0.05) is 19.3 Å². The number of rotatable bonds is 6. The van der Waals surface area contributed by atoms with Crippen LogP contribution in [0.1, 0.15) is 32.1 Å². The van der Waals surface area contributed by atoms with Crippen molar-refractivity contribution in [2.75, 3.05) is 12.4 Å². The summed E-state index contributed by atoms with van der Waals surface area (Å²) in [5.74, 6) is 0.547. The Morgan fingerprint density at radius 3 is 2.67 bits per heavy atom. The highest BCUT2D eigenvalue weighted by Gasteiger charge is 2.22. The van der Waals surface area contributed by atoms with Gasteiger partial charge in [0.25, 0.3) is 0 Å². The van der Waals surface area contributed by atoms with Crippen molar-refractivity contribution in [2.45, 2.75) is 32.1 Å². The molecule has 5 aromatic heterocycles. The van der Waals surface area contributed by atoms with E-state index in [4.69, 9.17) is 14.7 Å². The van der Waals surface area contributed by atoms with Gasteiger partial charge in [0.05, 0.1) is 41.4 Å². The van der Waals surface area contributed by atoms with Crippen molar-refractivity contribution in [2.24, 2.45) is 5.92 Å². The summed E-state index contributed by atoms with van der Waals surface area (Å²) >= 11 is 0. The van der Waals surface area contributed by atoms with Crippen LogP contribution in [0.3, 0.4) is 0 Å². The number of methoxy groups -OCH3 is 1. The summed E-state index contributed by atoms with van der Waals surface area (Å²) in [6.07, 6.45) is 10.2. The molecule has 1 saturated carbocycles. The Balaban J connectivity index is 1.23. The number of carbonyl (C=O) groups is 1. The van der Waals surface area contributed by atoms with Crippen LogP contribution in [0.15, 0.2) is 61.1 Å². The molecular weight excluding hydrogens is 535 g/mol. The van der Waals surface area contributed by atoms with Gasteiger partial charge in [-0.15, -0.1) is 0 Å². The Labute approximate surface area is 239 Å². The number of fused-ring (bicyclic) bond motifs is 2. The molecule has 0 spiro atoms. The summed E-state index contributed by atoms with van der Waals surface area (Å²) in [5, 5.41) is 10.6. The number of aromatic amines is 2. The topological polar surface area (TPSA) is 134 Å². The van der Waals surface area contributed by atoms with Crippen LogP contribution in [0.4, 0.5) is 10.1 Å². The van der Waals surface area contributed by atoms with Crippen molar-refractivity contribution in [3.05, 3.63) is 66.9 Å². The standard InChI is InChI=1S/C31H27FN8O2/c1-42-22-13-18(11-20(32)14-22)26-27-24(9-10-34-26)37-30(38-27)29-28-25(39-40-29)8-7-23(36-28)19-12-21(16-33-15-19)35-31(41)17-5-3-2-4-6-17/h7-17H,2-6H2,1H3,(H,35,41)(H,37,38)(H,39,40). The molecule has 0 saturated heterocycles. The number of carbonyl (C=O) groups excluding carboxylic acids is 1. The molecule has 0 atom stereocenters. The number of nitrogens with zero attached hydrogens (tertiary/aromatic N) is 5. The fraction of sp³-hybridized carbons (Fsp3) is 0.226. The summed E-state index contributed by atoms with van der Waals surface area (Å²) in [5.41, 5.74) is 6.31. The fourth-order valence-electron chi connectivity index (χ4n) is 5.56. The monoisotopic (exact) mass is 562 g/mol. The van der Waals surface area contributed by atoms with E-state index in [1.807, 2.05) is 18.2 Å². The van der Waals surface area contributed by atoms with Gasteiger partial charge in [-0.3, -0.25) is 19.9 Å². The second kappa shape index (κ2) is 10.7. The minimum Gasteiger partial charge on any atom is -0.497 e. The lowest BCUT2D eigenvalue weighted by atomic mass is 9.88. The van der Waals surface area contributed by atoms with Crippen LogP contribution in [-0.4, -0.2) is 48.1 Å². The summed E-state index contributed by atoms with van der Waals surface area (Å²) in [7, 11) is 1.49. The Hall–Kier alpha value is -5.19. The van der Waals surface area contributed by atoms with Crippen LogP contribution < -0.4 is 10.1 Å². The highest BCUT2D eigenvalue weighted by Crippen LogP contribution is 2.33. The molecule has 42 heavy (non-hydrogen) atoms. The number of hydrogen-bond acceptors (Lipinski definition) is 7. The number of pyridine rings is 3. The Bertz CT molecular complexity index is 1940. The average molecular weight is 563 g/mol. The molecule has 10 nitrogen and oxygen atoms in total. The van der Waals surface area contributed by atoms with E-state index in [-0.39, 0.29) is 11.8 Å². The maximum absolute atomic E-state index is 14.3. The molecule has 5 heterocycles. The van der Waals surface area contributed by atoms with E-state index in [1.54, 1.807) is 30.7 Å². The van der Waals surface area contributed by atoms with Crippen LogP contribution in [-0.2, 0) is 4.79 Å². The highest BCUT2D eigenvalue weighted by atomic mass is 19.1. The summed E-state index contributed by atoms with van der Waals surface area (Å²) < 4.78 is 19.5. The van der Waals surface area contributed by atoms with Crippen molar-refractivity contribution >= 4 is 33.7 Å². The number of nitrogens with one attached hydrogen (secondary N) is 3. The van der Waals surface area contributed by atoms with Crippen molar-refractivity contribution < 1.29 is 13.9 Å². The zero-order valence-electron chi connectivity index (χ0n) is 22.8. The number of ether oxygens (including phenoxy) is 1. The molecule has 1 fully saturated rings.